The lowest BCUT2D eigenvalue weighted by Gasteiger charge is -2.23. The predicted molar refractivity (Wildman–Crippen MR) is 116 cm³/mol. The molecule has 0 spiro atoms. The molecular formula is C22H23Cl2NO6. The minimum absolute atomic E-state index is 0.0294. The number of hydrogen-bond acceptors (Lipinski definition) is 5. The van der Waals surface area contributed by atoms with Crippen LogP contribution in [0.25, 0.3) is 0 Å². The fraction of sp³-hybridized carbons (Fsp3) is 0.318. The predicted octanol–water partition coefficient (Wildman–Crippen LogP) is 4.48. The maximum atomic E-state index is 12.6. The lowest BCUT2D eigenvalue weighted by Crippen LogP contribution is -2.47. The summed E-state index contributed by atoms with van der Waals surface area (Å²) in [4.78, 5) is 36.4. The number of carboxylic acids is 1. The number of hydrogen-bond donors (Lipinski definition) is 2. The van der Waals surface area contributed by atoms with Crippen LogP contribution in [0.5, 0.6) is 0 Å². The number of ether oxygens (including phenoxy) is 2. The second kappa shape index (κ2) is 11.6. The van der Waals surface area contributed by atoms with Gasteiger partial charge in [0, 0.05) is 6.42 Å². The molecule has 166 valence electrons. The van der Waals surface area contributed by atoms with Crippen LogP contribution in [0.4, 0.5) is 4.79 Å². The third kappa shape index (κ3) is 7.77. The van der Waals surface area contributed by atoms with Crippen molar-refractivity contribution >= 4 is 41.2 Å². The molecule has 2 atom stereocenters. The molecule has 9 heteroatoms. The Morgan fingerprint density at radius 1 is 1.00 bits per heavy atom. The van der Waals surface area contributed by atoms with E-state index in [2.05, 4.69) is 5.32 Å². The number of rotatable bonds is 9. The zero-order valence-electron chi connectivity index (χ0n) is 17.0. The van der Waals surface area contributed by atoms with Crippen molar-refractivity contribution in [2.45, 2.75) is 39.0 Å². The highest BCUT2D eigenvalue weighted by Crippen LogP contribution is 2.23. The van der Waals surface area contributed by atoms with Gasteiger partial charge in [0.05, 0.1) is 10.0 Å². The summed E-state index contributed by atoms with van der Waals surface area (Å²) in [7, 11) is 0. The average Bonchev–Trinajstić information content (AvgIpc) is 2.73. The van der Waals surface area contributed by atoms with E-state index in [1.807, 2.05) is 18.2 Å². The number of benzene rings is 2. The molecule has 0 saturated heterocycles. The van der Waals surface area contributed by atoms with Crippen molar-refractivity contribution < 1.29 is 29.0 Å². The molecule has 0 aliphatic carbocycles. The topological polar surface area (TPSA) is 102 Å². The summed E-state index contributed by atoms with van der Waals surface area (Å²) in [6.07, 6.45) is -2.38. The lowest BCUT2D eigenvalue weighted by atomic mass is 10.0. The Balaban J connectivity index is 2.00. The minimum Gasteiger partial charge on any atom is -0.478 e. The maximum Gasteiger partial charge on any atom is 0.408 e. The third-order valence-corrected chi connectivity index (χ3v) is 5.08. The minimum atomic E-state index is -1.46. The summed E-state index contributed by atoms with van der Waals surface area (Å²) in [5.74, 6) is -2.57. The van der Waals surface area contributed by atoms with Crippen LogP contribution in [-0.2, 0) is 32.1 Å². The Morgan fingerprint density at radius 3 is 2.26 bits per heavy atom. The number of carboxylic acid groups (broad SMARTS) is 1. The zero-order chi connectivity index (χ0) is 23.0. The van der Waals surface area contributed by atoms with E-state index in [1.165, 1.54) is 12.1 Å². The van der Waals surface area contributed by atoms with E-state index in [9.17, 15) is 19.5 Å². The highest BCUT2D eigenvalue weighted by molar-refractivity contribution is 6.42. The molecule has 0 saturated carbocycles. The van der Waals surface area contributed by atoms with Crippen LogP contribution in [-0.4, -0.2) is 35.3 Å². The van der Waals surface area contributed by atoms with Gasteiger partial charge in [-0.25, -0.2) is 14.4 Å². The van der Waals surface area contributed by atoms with Crippen LogP contribution in [0.1, 0.15) is 25.0 Å². The standard InChI is InChI=1S/C22H23Cl2NO6/c1-13(2)19(25-22(29)30-12-14-6-4-3-5-7-14)21(28)31-18(20(26)27)11-15-8-9-16(23)17(24)10-15/h3-10,13,18-19H,11-12H2,1-2H3,(H,25,29)(H,26,27)/t18?,19-/m0/s1. The van der Waals surface area contributed by atoms with Gasteiger partial charge in [-0.2, -0.15) is 0 Å². The molecule has 2 aromatic rings. The monoisotopic (exact) mass is 467 g/mol. The number of carbonyl (C=O) groups is 3. The number of alkyl carbamates (subject to hydrolysis) is 1. The fourth-order valence-electron chi connectivity index (χ4n) is 2.66. The molecule has 1 amide bonds. The molecule has 31 heavy (non-hydrogen) atoms. The number of carbonyl (C=O) groups excluding carboxylic acids is 2. The van der Waals surface area contributed by atoms with Gasteiger partial charge in [0.15, 0.2) is 0 Å². The normalized spacial score (nSPS) is 12.7. The number of halogens is 2. The summed E-state index contributed by atoms with van der Waals surface area (Å²) >= 11 is 11.8. The van der Waals surface area contributed by atoms with Gasteiger partial charge >= 0.3 is 18.0 Å². The molecule has 0 fully saturated rings. The molecule has 2 aromatic carbocycles. The Kier molecular flexibility index (Phi) is 9.15. The van der Waals surface area contributed by atoms with E-state index in [1.54, 1.807) is 32.0 Å². The molecule has 0 radical (unpaired) electrons. The second-order valence-corrected chi connectivity index (χ2v) is 7.96. The van der Waals surface area contributed by atoms with Crippen LogP contribution in [0.2, 0.25) is 10.0 Å². The molecule has 0 aliphatic heterocycles. The second-order valence-electron chi connectivity index (χ2n) is 7.14. The van der Waals surface area contributed by atoms with Gasteiger partial charge in [0.1, 0.15) is 12.6 Å². The first-order valence-electron chi connectivity index (χ1n) is 9.51. The Labute approximate surface area is 190 Å². The summed E-state index contributed by atoms with van der Waals surface area (Å²) in [6.45, 7) is 3.41. The van der Waals surface area contributed by atoms with Crippen LogP contribution in [0.3, 0.4) is 0 Å². The molecular weight excluding hydrogens is 445 g/mol. The fourth-order valence-corrected chi connectivity index (χ4v) is 2.98. The molecule has 0 aliphatic rings. The number of aliphatic carboxylic acids is 1. The van der Waals surface area contributed by atoms with Crippen molar-refractivity contribution in [3.05, 3.63) is 69.7 Å². The van der Waals surface area contributed by atoms with E-state index >= 15 is 0 Å². The quantitative estimate of drug-likeness (QED) is 0.526. The molecule has 0 aromatic heterocycles. The third-order valence-electron chi connectivity index (χ3n) is 4.35. The van der Waals surface area contributed by atoms with Gasteiger partial charge in [-0.1, -0.05) is 73.4 Å². The van der Waals surface area contributed by atoms with Crippen molar-refractivity contribution in [1.82, 2.24) is 5.32 Å². The highest BCUT2D eigenvalue weighted by Gasteiger charge is 2.31. The summed E-state index contributed by atoms with van der Waals surface area (Å²) in [6, 6.07) is 12.6. The van der Waals surface area contributed by atoms with E-state index < -0.39 is 30.2 Å². The molecule has 7 nitrogen and oxygen atoms in total. The number of amides is 1. The summed E-state index contributed by atoms with van der Waals surface area (Å²) in [5, 5.41) is 12.5. The molecule has 1 unspecified atom stereocenters. The van der Waals surface area contributed by atoms with Gasteiger partial charge in [0.2, 0.25) is 6.10 Å². The van der Waals surface area contributed by atoms with E-state index in [4.69, 9.17) is 32.7 Å². The Hall–Kier alpha value is -2.77. The van der Waals surface area contributed by atoms with Crippen LogP contribution < -0.4 is 5.32 Å². The van der Waals surface area contributed by atoms with Crippen molar-refractivity contribution in [2.75, 3.05) is 0 Å². The maximum absolute atomic E-state index is 12.6. The zero-order valence-corrected chi connectivity index (χ0v) is 18.5. The van der Waals surface area contributed by atoms with Crippen LogP contribution in [0, 0.1) is 5.92 Å². The van der Waals surface area contributed by atoms with E-state index in [-0.39, 0.29) is 24.0 Å². The highest BCUT2D eigenvalue weighted by atomic mass is 35.5. The Morgan fingerprint density at radius 2 is 1.68 bits per heavy atom. The van der Waals surface area contributed by atoms with Crippen molar-refractivity contribution in [1.29, 1.82) is 0 Å². The first kappa shape index (κ1) is 24.5. The van der Waals surface area contributed by atoms with E-state index in [0.29, 0.717) is 10.6 Å². The van der Waals surface area contributed by atoms with Crippen molar-refractivity contribution in [3.8, 4) is 0 Å². The summed E-state index contributed by atoms with van der Waals surface area (Å²) < 4.78 is 10.3. The summed E-state index contributed by atoms with van der Waals surface area (Å²) in [5.41, 5.74) is 1.32. The molecule has 2 N–H and O–H groups in total. The first-order valence-corrected chi connectivity index (χ1v) is 10.3. The SMILES string of the molecule is CC(C)[C@H](NC(=O)OCc1ccccc1)C(=O)OC(Cc1ccc(Cl)c(Cl)c1)C(=O)O. The average molecular weight is 468 g/mol. The van der Waals surface area contributed by atoms with Gasteiger partial charge in [0.25, 0.3) is 0 Å². The number of nitrogens with one attached hydrogen (secondary N) is 1. The molecule has 0 heterocycles. The largest absolute Gasteiger partial charge is 0.478 e. The number of esters is 1. The van der Waals surface area contributed by atoms with Gasteiger partial charge in [-0.05, 0) is 29.2 Å². The lowest BCUT2D eigenvalue weighted by molar-refractivity contribution is -0.166. The van der Waals surface area contributed by atoms with E-state index in [0.717, 1.165) is 5.56 Å². The van der Waals surface area contributed by atoms with Crippen LogP contribution >= 0.6 is 23.2 Å². The smallest absolute Gasteiger partial charge is 0.408 e. The first-order chi connectivity index (χ1) is 14.7. The van der Waals surface area contributed by atoms with Gasteiger partial charge < -0.3 is 19.9 Å². The van der Waals surface area contributed by atoms with Crippen molar-refractivity contribution in [2.24, 2.45) is 5.92 Å². The van der Waals surface area contributed by atoms with Crippen molar-refractivity contribution in [3.63, 3.8) is 0 Å². The molecule has 2 rings (SSSR count). The van der Waals surface area contributed by atoms with Crippen LogP contribution in [0.15, 0.2) is 48.5 Å². The van der Waals surface area contributed by atoms with Gasteiger partial charge in [-0.3, -0.25) is 0 Å². The molecule has 0 bridgehead atoms. The Bertz CT molecular complexity index is 919. The van der Waals surface area contributed by atoms with Gasteiger partial charge in [-0.15, -0.1) is 0 Å².